The average molecular weight is 360 g/mol. The van der Waals surface area contributed by atoms with Crippen LogP contribution in [0.1, 0.15) is 12.8 Å². The minimum Gasteiger partial charge on any atom is -0.495 e. The smallest absolute Gasteiger partial charge is 0.325 e. The SMILES string of the molecule is COc1ccccc1N1CCN(CC(=O)N(C)C2CCN(C)CC2)C1=O. The van der Waals surface area contributed by atoms with E-state index in [1.165, 1.54) is 0 Å². The predicted molar refractivity (Wildman–Crippen MR) is 101 cm³/mol. The number of ether oxygens (including phenoxy) is 1. The zero-order valence-corrected chi connectivity index (χ0v) is 15.9. The Morgan fingerprint density at radius 3 is 2.58 bits per heavy atom. The summed E-state index contributed by atoms with van der Waals surface area (Å²) in [6.45, 7) is 3.25. The molecular formula is C19H28N4O3. The predicted octanol–water partition coefficient (Wildman–Crippen LogP) is 1.49. The summed E-state index contributed by atoms with van der Waals surface area (Å²) >= 11 is 0. The fraction of sp³-hybridized carbons (Fsp3) is 0.579. The van der Waals surface area contributed by atoms with Crippen molar-refractivity contribution in [1.29, 1.82) is 0 Å². The Hall–Kier alpha value is -2.28. The maximum absolute atomic E-state index is 12.8. The Bertz CT molecular complexity index is 658. The fourth-order valence-corrected chi connectivity index (χ4v) is 3.67. The molecule has 3 rings (SSSR count). The molecule has 2 saturated heterocycles. The number of hydrogen-bond donors (Lipinski definition) is 0. The van der Waals surface area contributed by atoms with Crippen LogP contribution >= 0.6 is 0 Å². The maximum Gasteiger partial charge on any atom is 0.325 e. The summed E-state index contributed by atoms with van der Waals surface area (Å²) in [5.74, 6) is 0.673. The highest BCUT2D eigenvalue weighted by molar-refractivity contribution is 5.97. The van der Waals surface area contributed by atoms with E-state index in [0.29, 0.717) is 18.8 Å². The molecule has 7 nitrogen and oxygen atoms in total. The van der Waals surface area contributed by atoms with Crippen molar-refractivity contribution in [1.82, 2.24) is 14.7 Å². The Balaban J connectivity index is 1.61. The van der Waals surface area contributed by atoms with E-state index in [0.717, 1.165) is 31.6 Å². The molecule has 142 valence electrons. The highest BCUT2D eigenvalue weighted by Crippen LogP contribution is 2.30. The normalized spacial score (nSPS) is 19.1. The van der Waals surface area contributed by atoms with E-state index >= 15 is 0 Å². The summed E-state index contributed by atoms with van der Waals surface area (Å²) in [6, 6.07) is 7.59. The lowest BCUT2D eigenvalue weighted by molar-refractivity contribution is -0.133. The number of para-hydroxylation sites is 2. The second-order valence-electron chi connectivity index (χ2n) is 7.07. The molecule has 0 unspecified atom stereocenters. The van der Waals surface area contributed by atoms with Gasteiger partial charge in [-0.25, -0.2) is 4.79 Å². The highest BCUT2D eigenvalue weighted by atomic mass is 16.5. The van der Waals surface area contributed by atoms with Crippen LogP contribution in [0.5, 0.6) is 5.75 Å². The lowest BCUT2D eigenvalue weighted by Gasteiger charge is -2.35. The van der Waals surface area contributed by atoms with Crippen molar-refractivity contribution in [3.05, 3.63) is 24.3 Å². The Labute approximate surface area is 155 Å². The van der Waals surface area contributed by atoms with Crippen LogP contribution in [0.25, 0.3) is 0 Å². The van der Waals surface area contributed by atoms with Crippen molar-refractivity contribution >= 4 is 17.6 Å². The van der Waals surface area contributed by atoms with Crippen LogP contribution in [0, 0.1) is 0 Å². The van der Waals surface area contributed by atoms with Gasteiger partial charge in [0.2, 0.25) is 5.91 Å². The van der Waals surface area contributed by atoms with Gasteiger partial charge in [0.15, 0.2) is 0 Å². The Morgan fingerprint density at radius 1 is 1.19 bits per heavy atom. The number of nitrogens with zero attached hydrogens (tertiary/aromatic N) is 4. The molecule has 0 spiro atoms. The number of anilines is 1. The summed E-state index contributed by atoms with van der Waals surface area (Å²) < 4.78 is 5.36. The summed E-state index contributed by atoms with van der Waals surface area (Å²) in [6.07, 6.45) is 1.97. The van der Waals surface area contributed by atoms with Gasteiger partial charge in [0, 0.05) is 26.2 Å². The molecule has 2 aliphatic rings. The molecule has 0 radical (unpaired) electrons. The van der Waals surface area contributed by atoms with E-state index in [9.17, 15) is 9.59 Å². The Morgan fingerprint density at radius 2 is 1.88 bits per heavy atom. The van der Waals surface area contributed by atoms with Crippen LogP contribution in [-0.2, 0) is 4.79 Å². The first-order valence-electron chi connectivity index (χ1n) is 9.15. The third kappa shape index (κ3) is 3.77. The molecule has 0 N–H and O–H groups in total. The second kappa shape index (κ2) is 7.95. The second-order valence-corrected chi connectivity index (χ2v) is 7.07. The van der Waals surface area contributed by atoms with Crippen molar-refractivity contribution in [2.24, 2.45) is 0 Å². The fourth-order valence-electron chi connectivity index (χ4n) is 3.67. The first-order chi connectivity index (χ1) is 12.5. The molecule has 0 atom stereocenters. The number of amides is 3. The molecule has 0 aliphatic carbocycles. The molecule has 0 aromatic heterocycles. The first-order valence-corrected chi connectivity index (χ1v) is 9.15. The largest absolute Gasteiger partial charge is 0.495 e. The van der Waals surface area contributed by atoms with Crippen molar-refractivity contribution in [2.75, 3.05) is 58.8 Å². The number of methoxy groups -OCH3 is 1. The van der Waals surface area contributed by atoms with Gasteiger partial charge in [-0.1, -0.05) is 12.1 Å². The number of likely N-dealkylation sites (N-methyl/N-ethyl adjacent to an activating group) is 1. The van der Waals surface area contributed by atoms with Crippen molar-refractivity contribution in [2.45, 2.75) is 18.9 Å². The number of likely N-dealkylation sites (tertiary alicyclic amines) is 1. The zero-order chi connectivity index (χ0) is 18.7. The first kappa shape index (κ1) is 18.5. The van der Waals surface area contributed by atoms with Crippen LogP contribution in [0.15, 0.2) is 24.3 Å². The van der Waals surface area contributed by atoms with Crippen LogP contribution < -0.4 is 9.64 Å². The molecule has 2 aliphatic heterocycles. The van der Waals surface area contributed by atoms with Gasteiger partial charge < -0.3 is 19.4 Å². The summed E-state index contributed by atoms with van der Waals surface area (Å²) in [5, 5.41) is 0. The number of hydrogen-bond acceptors (Lipinski definition) is 4. The van der Waals surface area contributed by atoms with E-state index in [1.54, 1.807) is 16.9 Å². The number of carbonyl (C=O) groups excluding carboxylic acids is 2. The minimum atomic E-state index is -0.139. The monoisotopic (exact) mass is 360 g/mol. The van der Waals surface area contributed by atoms with Gasteiger partial charge in [0.05, 0.1) is 12.8 Å². The lowest BCUT2D eigenvalue weighted by Crippen LogP contribution is -2.48. The van der Waals surface area contributed by atoms with Crippen LogP contribution in [0.3, 0.4) is 0 Å². The summed E-state index contributed by atoms with van der Waals surface area (Å²) in [5.41, 5.74) is 0.749. The molecule has 26 heavy (non-hydrogen) atoms. The van der Waals surface area contributed by atoms with Gasteiger partial charge in [-0.2, -0.15) is 0 Å². The summed E-state index contributed by atoms with van der Waals surface area (Å²) in [7, 11) is 5.56. The topological polar surface area (TPSA) is 56.3 Å². The van der Waals surface area contributed by atoms with E-state index in [2.05, 4.69) is 11.9 Å². The van der Waals surface area contributed by atoms with Crippen LogP contribution in [-0.4, -0.2) is 86.6 Å². The standard InChI is InChI=1S/C19H28N4O3/c1-20-10-8-15(9-11-20)21(2)18(24)14-22-12-13-23(19(22)25)16-6-4-5-7-17(16)26-3/h4-7,15H,8-14H2,1-3H3. The lowest BCUT2D eigenvalue weighted by atomic mass is 10.0. The molecular weight excluding hydrogens is 332 g/mol. The van der Waals surface area contributed by atoms with Crippen LogP contribution in [0.2, 0.25) is 0 Å². The summed E-state index contributed by atoms with van der Waals surface area (Å²) in [4.78, 5) is 32.9. The van der Waals surface area contributed by atoms with Gasteiger partial charge in [0.1, 0.15) is 12.3 Å². The molecule has 3 amide bonds. The number of piperidine rings is 1. The van der Waals surface area contributed by atoms with Crippen molar-refractivity contribution in [3.63, 3.8) is 0 Å². The number of urea groups is 1. The Kier molecular flexibility index (Phi) is 5.66. The maximum atomic E-state index is 12.8. The van der Waals surface area contributed by atoms with Gasteiger partial charge in [0.25, 0.3) is 0 Å². The highest BCUT2D eigenvalue weighted by Gasteiger charge is 2.34. The number of rotatable bonds is 5. The van der Waals surface area contributed by atoms with Gasteiger partial charge >= 0.3 is 6.03 Å². The molecule has 0 saturated carbocycles. The molecule has 0 bridgehead atoms. The molecule has 1 aromatic carbocycles. The zero-order valence-electron chi connectivity index (χ0n) is 15.9. The molecule has 2 fully saturated rings. The van der Waals surface area contributed by atoms with Crippen LogP contribution in [0.4, 0.5) is 10.5 Å². The van der Waals surface area contributed by atoms with E-state index in [4.69, 9.17) is 4.74 Å². The number of benzene rings is 1. The minimum absolute atomic E-state index is 0.00906. The van der Waals surface area contributed by atoms with Gasteiger partial charge in [-0.05, 0) is 45.1 Å². The van der Waals surface area contributed by atoms with E-state index < -0.39 is 0 Å². The van der Waals surface area contributed by atoms with E-state index in [1.807, 2.05) is 36.2 Å². The quantitative estimate of drug-likeness (QED) is 0.798. The van der Waals surface area contributed by atoms with Gasteiger partial charge in [-0.3, -0.25) is 9.69 Å². The third-order valence-electron chi connectivity index (χ3n) is 5.43. The van der Waals surface area contributed by atoms with E-state index in [-0.39, 0.29) is 24.5 Å². The average Bonchev–Trinajstić information content (AvgIpc) is 3.02. The van der Waals surface area contributed by atoms with Gasteiger partial charge in [-0.15, -0.1) is 0 Å². The van der Waals surface area contributed by atoms with Crippen molar-refractivity contribution in [3.8, 4) is 5.75 Å². The third-order valence-corrected chi connectivity index (χ3v) is 5.43. The molecule has 2 heterocycles. The molecule has 7 heteroatoms. The number of carbonyl (C=O) groups is 2. The molecule has 1 aromatic rings. The van der Waals surface area contributed by atoms with Crippen molar-refractivity contribution < 1.29 is 14.3 Å².